The number of hydrogen-bond donors (Lipinski definition) is 0. The highest BCUT2D eigenvalue weighted by Gasteiger charge is 2.27. The van der Waals surface area contributed by atoms with Crippen LogP contribution < -0.4 is 9.47 Å². The molecule has 0 amide bonds. The molecule has 3 aromatic carbocycles. The van der Waals surface area contributed by atoms with Gasteiger partial charge in [0.05, 0.1) is 35.9 Å². The topological polar surface area (TPSA) is 101 Å². The van der Waals surface area contributed by atoms with Gasteiger partial charge in [0.15, 0.2) is 11.5 Å². The molecular weight excluding hydrogens is 472 g/mol. The summed E-state index contributed by atoms with van der Waals surface area (Å²) >= 11 is 0. The second kappa shape index (κ2) is 10.1. The molecule has 0 spiro atoms. The van der Waals surface area contributed by atoms with E-state index in [2.05, 4.69) is 6.08 Å². The number of pyridine rings is 1. The second-order valence-electron chi connectivity index (χ2n) is 8.61. The summed E-state index contributed by atoms with van der Waals surface area (Å²) in [5.74, 6) is 0.844. The van der Waals surface area contributed by atoms with E-state index in [9.17, 15) is 14.9 Å². The maximum absolute atomic E-state index is 13.4. The van der Waals surface area contributed by atoms with Gasteiger partial charge < -0.3 is 14.2 Å². The van der Waals surface area contributed by atoms with Gasteiger partial charge in [0.1, 0.15) is 6.61 Å². The second-order valence-corrected chi connectivity index (χ2v) is 8.61. The first-order chi connectivity index (χ1) is 18.0. The van der Waals surface area contributed by atoms with Crippen molar-refractivity contribution in [2.24, 2.45) is 0 Å². The first-order valence-electron chi connectivity index (χ1n) is 11.7. The van der Waals surface area contributed by atoms with Gasteiger partial charge in [-0.15, -0.1) is 0 Å². The maximum Gasteiger partial charge on any atom is 0.339 e. The van der Waals surface area contributed by atoms with Crippen LogP contribution in [0.25, 0.3) is 22.6 Å². The zero-order valence-corrected chi connectivity index (χ0v) is 20.4. The van der Waals surface area contributed by atoms with E-state index in [-0.39, 0.29) is 12.3 Å². The number of hydrogen-bond acceptors (Lipinski definition) is 7. The number of rotatable bonds is 7. The smallest absolute Gasteiger partial charge is 0.339 e. The monoisotopic (exact) mass is 496 g/mol. The summed E-state index contributed by atoms with van der Waals surface area (Å²) in [6, 6.07) is 19.2. The number of carbonyl (C=O) groups excluding carboxylic acids is 1. The average molecular weight is 497 g/mol. The summed E-state index contributed by atoms with van der Waals surface area (Å²) in [6.07, 6.45) is 3.45. The molecule has 8 nitrogen and oxygen atoms in total. The molecule has 5 rings (SSSR count). The van der Waals surface area contributed by atoms with Crippen molar-refractivity contribution in [1.82, 2.24) is 4.98 Å². The third kappa shape index (κ3) is 4.73. The summed E-state index contributed by atoms with van der Waals surface area (Å²) in [4.78, 5) is 28.7. The molecule has 0 bridgehead atoms. The zero-order chi connectivity index (χ0) is 25.9. The molecule has 4 aromatic rings. The molecule has 8 heteroatoms. The van der Waals surface area contributed by atoms with Crippen molar-refractivity contribution in [2.75, 3.05) is 14.2 Å². The van der Waals surface area contributed by atoms with Gasteiger partial charge in [0, 0.05) is 17.5 Å². The number of non-ortho nitro benzene ring substituents is 1. The highest BCUT2D eigenvalue weighted by molar-refractivity contribution is 6.07. The first-order valence-corrected chi connectivity index (χ1v) is 11.7. The van der Waals surface area contributed by atoms with Gasteiger partial charge in [-0.2, -0.15) is 0 Å². The normalized spacial score (nSPS) is 13.4. The molecule has 1 aromatic heterocycles. The number of esters is 1. The molecule has 0 saturated heterocycles. The summed E-state index contributed by atoms with van der Waals surface area (Å²) < 4.78 is 16.4. The number of carbonyl (C=O) groups is 1. The highest BCUT2D eigenvalue weighted by Crippen LogP contribution is 2.38. The third-order valence-corrected chi connectivity index (χ3v) is 6.41. The molecule has 1 aliphatic carbocycles. The van der Waals surface area contributed by atoms with Crippen molar-refractivity contribution < 1.29 is 23.9 Å². The Morgan fingerprint density at radius 1 is 1.00 bits per heavy atom. The molecule has 0 unspecified atom stereocenters. The fraction of sp³-hybridized carbons (Fsp3) is 0.172. The molecule has 0 atom stereocenters. The van der Waals surface area contributed by atoms with Crippen molar-refractivity contribution in [1.29, 1.82) is 0 Å². The third-order valence-electron chi connectivity index (χ3n) is 6.41. The van der Waals surface area contributed by atoms with Crippen LogP contribution >= 0.6 is 0 Å². The Hall–Kier alpha value is -4.72. The summed E-state index contributed by atoms with van der Waals surface area (Å²) in [5.41, 5.74) is 5.50. The van der Waals surface area contributed by atoms with Crippen LogP contribution in [0.15, 0.2) is 66.7 Å². The summed E-state index contributed by atoms with van der Waals surface area (Å²) in [5, 5.41) is 11.6. The van der Waals surface area contributed by atoms with Crippen molar-refractivity contribution in [2.45, 2.75) is 19.4 Å². The SMILES string of the molecule is COc1ccc(/C=C2/CCc3c2nc2ccccc2c3C(=O)OCc2ccc([N+](=O)[O-])cc2)cc1OC. The van der Waals surface area contributed by atoms with Gasteiger partial charge in [-0.05, 0) is 71.5 Å². The molecule has 186 valence electrons. The van der Waals surface area contributed by atoms with E-state index >= 15 is 0 Å². The van der Waals surface area contributed by atoms with Crippen LogP contribution in [-0.4, -0.2) is 30.1 Å². The minimum Gasteiger partial charge on any atom is -0.493 e. The number of fused-ring (bicyclic) bond motifs is 2. The van der Waals surface area contributed by atoms with Crippen LogP contribution in [0.3, 0.4) is 0 Å². The largest absolute Gasteiger partial charge is 0.493 e. The number of nitrogens with zero attached hydrogens (tertiary/aromatic N) is 2. The first kappa shape index (κ1) is 24.0. The van der Waals surface area contributed by atoms with Gasteiger partial charge in [-0.25, -0.2) is 9.78 Å². The molecule has 37 heavy (non-hydrogen) atoms. The predicted octanol–water partition coefficient (Wildman–Crippen LogP) is 6.00. The van der Waals surface area contributed by atoms with Gasteiger partial charge in [-0.1, -0.05) is 24.3 Å². The quantitative estimate of drug-likeness (QED) is 0.176. The van der Waals surface area contributed by atoms with Crippen LogP contribution in [0.1, 0.15) is 39.2 Å². The van der Waals surface area contributed by atoms with Gasteiger partial charge in [0.2, 0.25) is 0 Å². The molecule has 0 fully saturated rings. The number of para-hydroxylation sites is 1. The van der Waals surface area contributed by atoms with E-state index in [1.54, 1.807) is 26.4 Å². The van der Waals surface area contributed by atoms with E-state index in [0.717, 1.165) is 34.2 Å². The Bertz CT molecular complexity index is 1540. The molecule has 1 aliphatic rings. The fourth-order valence-electron chi connectivity index (χ4n) is 4.59. The lowest BCUT2D eigenvalue weighted by Crippen LogP contribution is -2.10. The van der Waals surface area contributed by atoms with Crippen molar-refractivity contribution in [3.63, 3.8) is 0 Å². The zero-order valence-electron chi connectivity index (χ0n) is 20.4. The van der Waals surface area contributed by atoms with Crippen molar-refractivity contribution in [3.05, 3.63) is 105 Å². The van der Waals surface area contributed by atoms with Crippen LogP contribution in [-0.2, 0) is 17.8 Å². The summed E-state index contributed by atoms with van der Waals surface area (Å²) in [7, 11) is 3.20. The summed E-state index contributed by atoms with van der Waals surface area (Å²) in [6.45, 7) is 0.0105. The molecule has 0 radical (unpaired) electrons. The molecule has 0 aliphatic heterocycles. The fourth-order valence-corrected chi connectivity index (χ4v) is 4.59. The van der Waals surface area contributed by atoms with Crippen LogP contribution in [0, 0.1) is 10.1 Å². The Morgan fingerprint density at radius 3 is 2.49 bits per heavy atom. The van der Waals surface area contributed by atoms with Gasteiger partial charge in [-0.3, -0.25) is 10.1 Å². The number of methoxy groups -OCH3 is 2. The minimum absolute atomic E-state index is 0.0105. The standard InChI is InChI=1S/C29H24N2O6/c1-35-25-14-9-19(16-26(25)36-2)15-20-10-13-23-27(22-5-3-4-6-24(22)30-28(20)23)29(32)37-17-18-7-11-21(12-8-18)31(33)34/h3-9,11-12,14-16H,10,13,17H2,1-2H3/b20-15-. The number of nitro groups is 1. The van der Waals surface area contributed by atoms with Crippen molar-refractivity contribution in [3.8, 4) is 11.5 Å². The van der Waals surface area contributed by atoms with E-state index < -0.39 is 10.9 Å². The average Bonchev–Trinajstić information content (AvgIpc) is 3.32. The molecule has 1 heterocycles. The van der Waals surface area contributed by atoms with Gasteiger partial charge >= 0.3 is 5.97 Å². The number of ether oxygens (including phenoxy) is 3. The minimum atomic E-state index is -0.463. The molecule has 0 saturated carbocycles. The Balaban J connectivity index is 1.49. The van der Waals surface area contributed by atoms with E-state index in [0.29, 0.717) is 34.6 Å². The number of benzene rings is 3. The maximum atomic E-state index is 13.4. The van der Waals surface area contributed by atoms with Crippen LogP contribution in [0.4, 0.5) is 5.69 Å². The highest BCUT2D eigenvalue weighted by atomic mass is 16.6. The lowest BCUT2D eigenvalue weighted by atomic mass is 10.0. The molecular formula is C29H24N2O6. The number of nitro benzene ring substituents is 1. The van der Waals surface area contributed by atoms with Gasteiger partial charge in [0.25, 0.3) is 5.69 Å². The molecule has 0 N–H and O–H groups in total. The number of allylic oxidation sites excluding steroid dienone is 1. The van der Waals surface area contributed by atoms with Crippen LogP contribution in [0.5, 0.6) is 11.5 Å². The lowest BCUT2D eigenvalue weighted by molar-refractivity contribution is -0.384. The Morgan fingerprint density at radius 2 is 1.76 bits per heavy atom. The lowest BCUT2D eigenvalue weighted by Gasteiger charge is -2.13. The Labute approximate surface area is 213 Å². The number of aromatic nitrogens is 1. The van der Waals surface area contributed by atoms with E-state index in [1.165, 1.54) is 12.1 Å². The Kier molecular flexibility index (Phi) is 6.55. The van der Waals surface area contributed by atoms with Crippen LogP contribution in [0.2, 0.25) is 0 Å². The predicted molar refractivity (Wildman–Crippen MR) is 140 cm³/mol. The van der Waals surface area contributed by atoms with Crippen molar-refractivity contribution >= 4 is 34.2 Å². The van der Waals surface area contributed by atoms with E-state index in [4.69, 9.17) is 19.2 Å². The van der Waals surface area contributed by atoms with E-state index in [1.807, 2.05) is 42.5 Å².